The van der Waals surface area contributed by atoms with Gasteiger partial charge in [0.25, 0.3) is 5.91 Å². The Bertz CT molecular complexity index is 708. The maximum absolute atomic E-state index is 14.3. The zero-order chi connectivity index (χ0) is 21.9. The normalized spacial score (nSPS) is 16.1. The summed E-state index contributed by atoms with van der Waals surface area (Å²) in [4.78, 5) is 26.4. The number of carbonyl (C=O) groups excluding carboxylic acids is 2. The number of hydrogen-bond donors (Lipinski definition) is 0. The van der Waals surface area contributed by atoms with E-state index in [-0.39, 0.29) is 5.56 Å². The van der Waals surface area contributed by atoms with Crippen LogP contribution in [-0.2, 0) is 9.53 Å². The van der Waals surface area contributed by atoms with E-state index in [9.17, 15) is 18.4 Å². The van der Waals surface area contributed by atoms with Crippen LogP contribution in [0.4, 0.5) is 8.78 Å². The number of hydrogen-bond acceptors (Lipinski definition) is 3. The van der Waals surface area contributed by atoms with Crippen LogP contribution in [0.1, 0.15) is 93.5 Å². The molecule has 4 nitrogen and oxygen atoms in total. The van der Waals surface area contributed by atoms with Crippen molar-refractivity contribution in [1.29, 1.82) is 0 Å². The second kappa shape index (κ2) is 12.7. The van der Waals surface area contributed by atoms with E-state index in [0.717, 1.165) is 25.3 Å². The molecule has 0 aliphatic carbocycles. The van der Waals surface area contributed by atoms with Gasteiger partial charge in [0.15, 0.2) is 0 Å². The standard InChI is InChI=1S/C24H35F2NO3/c1-3-4-5-6-7-8-9-10-11-17-30-24(29)20-13-12-16-27(20)23(28)21-19(25)15-14-18(2)22(21)26/h14-15,20H,3-13,16-17H2,1-2H3. The summed E-state index contributed by atoms with van der Waals surface area (Å²) in [6.45, 7) is 4.30. The number of esters is 1. The Balaban J connectivity index is 1.76. The van der Waals surface area contributed by atoms with E-state index >= 15 is 0 Å². The summed E-state index contributed by atoms with van der Waals surface area (Å²) >= 11 is 0. The van der Waals surface area contributed by atoms with E-state index in [0.29, 0.717) is 26.0 Å². The Morgan fingerprint density at radius 1 is 1.03 bits per heavy atom. The van der Waals surface area contributed by atoms with Gasteiger partial charge in [0.05, 0.1) is 6.61 Å². The predicted octanol–water partition coefficient (Wildman–Crippen LogP) is 5.95. The number of nitrogens with zero attached hydrogens (tertiary/aromatic N) is 1. The van der Waals surface area contributed by atoms with Gasteiger partial charge in [-0.05, 0) is 37.8 Å². The average molecular weight is 424 g/mol. The lowest BCUT2D eigenvalue weighted by atomic mass is 10.1. The first-order valence-corrected chi connectivity index (χ1v) is 11.4. The SMILES string of the molecule is CCCCCCCCCCCOC(=O)C1CCCN1C(=O)c1c(F)ccc(C)c1F. The molecule has 0 bridgehead atoms. The van der Waals surface area contributed by atoms with E-state index in [1.54, 1.807) is 0 Å². The van der Waals surface area contributed by atoms with Gasteiger partial charge in [0, 0.05) is 6.54 Å². The van der Waals surface area contributed by atoms with Crippen LogP contribution < -0.4 is 0 Å². The molecule has 6 heteroatoms. The van der Waals surface area contributed by atoms with Crippen molar-refractivity contribution in [2.75, 3.05) is 13.2 Å². The molecule has 1 atom stereocenters. The number of likely N-dealkylation sites (tertiary alicyclic amines) is 1. The van der Waals surface area contributed by atoms with Crippen LogP contribution in [0.3, 0.4) is 0 Å². The minimum absolute atomic E-state index is 0.198. The van der Waals surface area contributed by atoms with Gasteiger partial charge in [0.1, 0.15) is 23.2 Å². The summed E-state index contributed by atoms with van der Waals surface area (Å²) in [5.41, 5.74) is -0.392. The molecular formula is C24H35F2NO3. The van der Waals surface area contributed by atoms with E-state index in [4.69, 9.17) is 4.74 Å². The van der Waals surface area contributed by atoms with E-state index in [2.05, 4.69) is 6.92 Å². The second-order valence-corrected chi connectivity index (χ2v) is 8.21. The molecule has 1 amide bonds. The number of amides is 1. The number of rotatable bonds is 12. The Morgan fingerprint density at radius 3 is 2.33 bits per heavy atom. The van der Waals surface area contributed by atoms with Crippen molar-refractivity contribution in [2.24, 2.45) is 0 Å². The van der Waals surface area contributed by atoms with Crippen LogP contribution in [0.5, 0.6) is 0 Å². The van der Waals surface area contributed by atoms with Crippen molar-refractivity contribution in [1.82, 2.24) is 4.90 Å². The molecule has 1 unspecified atom stereocenters. The fourth-order valence-electron chi connectivity index (χ4n) is 3.93. The van der Waals surface area contributed by atoms with Gasteiger partial charge in [-0.2, -0.15) is 0 Å². The zero-order valence-corrected chi connectivity index (χ0v) is 18.4. The maximum Gasteiger partial charge on any atom is 0.328 e. The third-order valence-corrected chi connectivity index (χ3v) is 5.78. The minimum Gasteiger partial charge on any atom is -0.464 e. The average Bonchev–Trinajstić information content (AvgIpc) is 3.22. The number of carbonyl (C=O) groups is 2. The molecule has 30 heavy (non-hydrogen) atoms. The highest BCUT2D eigenvalue weighted by molar-refractivity contribution is 5.97. The molecule has 168 valence electrons. The number of benzene rings is 1. The summed E-state index contributed by atoms with van der Waals surface area (Å²) in [5.74, 6) is -3.03. The molecule has 1 aliphatic heterocycles. The Kier molecular flexibility index (Phi) is 10.2. The van der Waals surface area contributed by atoms with Crippen molar-refractivity contribution in [3.8, 4) is 0 Å². The molecule has 1 aliphatic rings. The van der Waals surface area contributed by atoms with Gasteiger partial charge in [0.2, 0.25) is 0 Å². The predicted molar refractivity (Wildman–Crippen MR) is 113 cm³/mol. The Labute approximate surface area is 179 Å². The zero-order valence-electron chi connectivity index (χ0n) is 18.4. The molecule has 1 fully saturated rings. The van der Waals surface area contributed by atoms with Gasteiger partial charge in [-0.25, -0.2) is 13.6 Å². The van der Waals surface area contributed by atoms with Crippen LogP contribution in [0, 0.1) is 18.6 Å². The van der Waals surface area contributed by atoms with Crippen LogP contribution >= 0.6 is 0 Å². The van der Waals surface area contributed by atoms with Gasteiger partial charge in [-0.15, -0.1) is 0 Å². The van der Waals surface area contributed by atoms with Crippen molar-refractivity contribution in [3.63, 3.8) is 0 Å². The van der Waals surface area contributed by atoms with E-state index in [1.165, 1.54) is 56.4 Å². The number of unbranched alkanes of at least 4 members (excludes halogenated alkanes) is 8. The molecule has 0 radical (unpaired) electrons. The summed E-state index contributed by atoms with van der Waals surface area (Å²) < 4.78 is 33.8. The summed E-state index contributed by atoms with van der Waals surface area (Å²) in [7, 11) is 0. The lowest BCUT2D eigenvalue weighted by Crippen LogP contribution is -2.42. The third kappa shape index (κ3) is 6.78. The van der Waals surface area contributed by atoms with E-state index in [1.807, 2.05) is 0 Å². The summed E-state index contributed by atoms with van der Waals surface area (Å²) in [6.07, 6.45) is 11.6. The van der Waals surface area contributed by atoms with Gasteiger partial charge >= 0.3 is 5.97 Å². The maximum atomic E-state index is 14.3. The highest BCUT2D eigenvalue weighted by Gasteiger charge is 2.37. The van der Waals surface area contributed by atoms with Crippen LogP contribution in [0.2, 0.25) is 0 Å². The molecule has 0 spiro atoms. The van der Waals surface area contributed by atoms with Gasteiger partial charge in [-0.1, -0.05) is 64.4 Å². The first-order valence-electron chi connectivity index (χ1n) is 11.4. The lowest BCUT2D eigenvalue weighted by Gasteiger charge is -2.24. The summed E-state index contributed by atoms with van der Waals surface area (Å²) in [5, 5.41) is 0. The second-order valence-electron chi connectivity index (χ2n) is 8.21. The third-order valence-electron chi connectivity index (χ3n) is 5.78. The quantitative estimate of drug-likeness (QED) is 0.308. The number of halogens is 2. The molecule has 1 aromatic carbocycles. The fraction of sp³-hybridized carbons (Fsp3) is 0.667. The molecule has 0 saturated carbocycles. The fourth-order valence-corrected chi connectivity index (χ4v) is 3.93. The molecule has 1 saturated heterocycles. The van der Waals surface area contributed by atoms with Crippen molar-refractivity contribution < 1.29 is 23.1 Å². The Hall–Kier alpha value is -1.98. The largest absolute Gasteiger partial charge is 0.464 e. The number of aryl methyl sites for hydroxylation is 1. The molecule has 1 heterocycles. The monoisotopic (exact) mass is 423 g/mol. The summed E-state index contributed by atoms with van der Waals surface area (Å²) in [6, 6.07) is 1.61. The molecule has 0 N–H and O–H groups in total. The lowest BCUT2D eigenvalue weighted by molar-refractivity contribution is -0.148. The topological polar surface area (TPSA) is 46.6 Å². The molecular weight excluding hydrogens is 388 g/mol. The first kappa shape index (κ1) is 24.3. The smallest absolute Gasteiger partial charge is 0.328 e. The minimum atomic E-state index is -0.906. The van der Waals surface area contributed by atoms with Crippen molar-refractivity contribution >= 4 is 11.9 Å². The van der Waals surface area contributed by atoms with Crippen LogP contribution in [-0.4, -0.2) is 36.0 Å². The first-order chi connectivity index (χ1) is 14.5. The molecule has 0 aromatic heterocycles. The highest BCUT2D eigenvalue weighted by Crippen LogP contribution is 2.25. The number of ether oxygens (including phenoxy) is 1. The molecule has 2 rings (SSSR count). The van der Waals surface area contributed by atoms with Gasteiger partial charge < -0.3 is 9.64 Å². The van der Waals surface area contributed by atoms with Crippen LogP contribution in [0.25, 0.3) is 0 Å². The Morgan fingerprint density at radius 2 is 1.67 bits per heavy atom. The molecule has 1 aromatic rings. The van der Waals surface area contributed by atoms with Crippen LogP contribution in [0.15, 0.2) is 12.1 Å². The van der Waals surface area contributed by atoms with Crippen molar-refractivity contribution in [2.45, 2.75) is 90.5 Å². The van der Waals surface area contributed by atoms with Crippen molar-refractivity contribution in [3.05, 3.63) is 34.9 Å². The van der Waals surface area contributed by atoms with Gasteiger partial charge in [-0.3, -0.25) is 4.79 Å². The highest BCUT2D eigenvalue weighted by atomic mass is 19.1. The van der Waals surface area contributed by atoms with E-state index < -0.39 is 35.1 Å².